The van der Waals surface area contributed by atoms with E-state index in [9.17, 15) is 0 Å². The first-order valence-electron chi connectivity index (χ1n) is 4.73. The molecule has 0 saturated heterocycles. The molecule has 0 aliphatic heterocycles. The summed E-state index contributed by atoms with van der Waals surface area (Å²) in [6.45, 7) is 0.467. The van der Waals surface area contributed by atoms with E-state index in [-0.39, 0.29) is 0 Å². The third-order valence-electron chi connectivity index (χ3n) is 1.99. The Kier molecular flexibility index (Phi) is 3.80. The van der Waals surface area contributed by atoms with Crippen LogP contribution < -0.4 is 4.74 Å². The third kappa shape index (κ3) is 2.97. The molecule has 0 amide bonds. The van der Waals surface area contributed by atoms with E-state index in [1.54, 1.807) is 12.3 Å². The molecule has 0 spiro atoms. The highest BCUT2D eigenvalue weighted by Gasteiger charge is 2.03. The van der Waals surface area contributed by atoms with Crippen LogP contribution in [0.25, 0.3) is 0 Å². The molecule has 0 unspecified atom stereocenters. The number of ether oxygens (including phenoxy) is 1. The van der Waals surface area contributed by atoms with Crippen LogP contribution in [-0.2, 0) is 6.61 Å². The highest BCUT2D eigenvalue weighted by molar-refractivity contribution is 9.10. The second kappa shape index (κ2) is 5.32. The summed E-state index contributed by atoms with van der Waals surface area (Å²) in [6.07, 6.45) is 1.66. The quantitative estimate of drug-likeness (QED) is 0.852. The zero-order valence-corrected chi connectivity index (χ0v) is 10.7. The molecule has 0 aliphatic rings. The van der Waals surface area contributed by atoms with E-state index in [0.29, 0.717) is 17.5 Å². The molecule has 82 valence electrons. The first-order valence-corrected chi connectivity index (χ1v) is 5.90. The normalized spacial score (nSPS) is 10.1. The molecule has 0 N–H and O–H groups in total. The number of halogens is 2. The molecular weight excluding hydrogens is 289 g/mol. The summed E-state index contributed by atoms with van der Waals surface area (Å²) in [5.41, 5.74) is 1.09. The van der Waals surface area contributed by atoms with Gasteiger partial charge in [-0.15, -0.1) is 0 Å². The molecular formula is C12H9BrClNO. The molecule has 0 bridgehead atoms. The van der Waals surface area contributed by atoms with Crippen LogP contribution >= 0.6 is 27.5 Å². The van der Waals surface area contributed by atoms with Crippen molar-refractivity contribution in [2.45, 2.75) is 6.61 Å². The number of hydrogen-bond acceptors (Lipinski definition) is 2. The predicted molar refractivity (Wildman–Crippen MR) is 67.7 cm³/mol. The van der Waals surface area contributed by atoms with Gasteiger partial charge in [0, 0.05) is 10.7 Å². The highest BCUT2D eigenvalue weighted by Crippen LogP contribution is 2.25. The highest BCUT2D eigenvalue weighted by atomic mass is 79.9. The average molecular weight is 299 g/mol. The van der Waals surface area contributed by atoms with Gasteiger partial charge < -0.3 is 4.74 Å². The van der Waals surface area contributed by atoms with Crippen LogP contribution in [0.5, 0.6) is 5.88 Å². The molecule has 1 heterocycles. The summed E-state index contributed by atoms with van der Waals surface area (Å²) in [4.78, 5) is 4.09. The predicted octanol–water partition coefficient (Wildman–Crippen LogP) is 4.08. The minimum absolute atomic E-state index is 0.453. The number of rotatable bonds is 3. The lowest BCUT2D eigenvalue weighted by Gasteiger charge is -2.06. The molecule has 16 heavy (non-hydrogen) atoms. The van der Waals surface area contributed by atoms with Crippen molar-refractivity contribution in [2.75, 3.05) is 0 Å². The van der Waals surface area contributed by atoms with Gasteiger partial charge in [-0.3, -0.25) is 0 Å². The second-order valence-corrected chi connectivity index (χ2v) is 4.54. The fourth-order valence-electron chi connectivity index (χ4n) is 1.23. The molecule has 1 aromatic carbocycles. The number of nitrogens with zero attached hydrogens (tertiary/aromatic N) is 1. The van der Waals surface area contributed by atoms with E-state index in [2.05, 4.69) is 20.9 Å². The summed E-state index contributed by atoms with van der Waals surface area (Å²) >= 11 is 9.27. The number of benzene rings is 1. The van der Waals surface area contributed by atoms with Crippen molar-refractivity contribution >= 4 is 27.5 Å². The Hall–Kier alpha value is -1.06. The molecule has 0 saturated carbocycles. The molecule has 0 radical (unpaired) electrons. The van der Waals surface area contributed by atoms with Gasteiger partial charge in [-0.1, -0.05) is 41.9 Å². The van der Waals surface area contributed by atoms with Crippen molar-refractivity contribution in [1.29, 1.82) is 0 Å². The van der Waals surface area contributed by atoms with E-state index >= 15 is 0 Å². The summed E-state index contributed by atoms with van der Waals surface area (Å²) in [5, 5.41) is 0.505. The number of aromatic nitrogens is 1. The second-order valence-electron chi connectivity index (χ2n) is 3.21. The van der Waals surface area contributed by atoms with Gasteiger partial charge in [-0.25, -0.2) is 4.98 Å². The Morgan fingerprint density at radius 2 is 2.00 bits per heavy atom. The molecule has 1 aromatic heterocycles. The van der Waals surface area contributed by atoms with E-state index in [4.69, 9.17) is 16.3 Å². The lowest BCUT2D eigenvalue weighted by atomic mass is 10.2. The zero-order valence-electron chi connectivity index (χ0n) is 8.36. The van der Waals surface area contributed by atoms with Crippen LogP contribution in [-0.4, -0.2) is 4.98 Å². The van der Waals surface area contributed by atoms with E-state index in [1.807, 2.05) is 30.3 Å². The first kappa shape index (κ1) is 11.4. The van der Waals surface area contributed by atoms with Crippen molar-refractivity contribution in [1.82, 2.24) is 4.98 Å². The van der Waals surface area contributed by atoms with Crippen LogP contribution in [0.4, 0.5) is 0 Å². The monoisotopic (exact) mass is 297 g/mol. The minimum Gasteiger partial charge on any atom is -0.472 e. The van der Waals surface area contributed by atoms with E-state index < -0.39 is 0 Å². The maximum atomic E-state index is 5.98. The third-order valence-corrected chi connectivity index (χ3v) is 2.70. The van der Waals surface area contributed by atoms with Crippen molar-refractivity contribution < 1.29 is 4.74 Å². The molecule has 0 fully saturated rings. The minimum atomic E-state index is 0.453. The summed E-state index contributed by atoms with van der Waals surface area (Å²) < 4.78 is 6.35. The summed E-state index contributed by atoms with van der Waals surface area (Å²) in [6, 6.07) is 11.6. The van der Waals surface area contributed by atoms with Crippen LogP contribution in [0, 0.1) is 0 Å². The Bertz CT molecular complexity index is 476. The van der Waals surface area contributed by atoms with Gasteiger partial charge in [0.15, 0.2) is 0 Å². The maximum Gasteiger partial charge on any atom is 0.232 e. The van der Waals surface area contributed by atoms with Crippen molar-refractivity contribution in [3.8, 4) is 5.88 Å². The smallest absolute Gasteiger partial charge is 0.232 e. The van der Waals surface area contributed by atoms with Crippen molar-refractivity contribution in [3.05, 3.63) is 57.7 Å². The van der Waals surface area contributed by atoms with Crippen LogP contribution in [0.3, 0.4) is 0 Å². The van der Waals surface area contributed by atoms with Gasteiger partial charge in [0.2, 0.25) is 5.88 Å². The summed E-state index contributed by atoms with van der Waals surface area (Å²) in [7, 11) is 0. The van der Waals surface area contributed by atoms with Crippen LogP contribution in [0.1, 0.15) is 5.56 Å². The molecule has 2 rings (SSSR count). The average Bonchev–Trinajstić information content (AvgIpc) is 2.29. The van der Waals surface area contributed by atoms with Crippen molar-refractivity contribution in [3.63, 3.8) is 0 Å². The Morgan fingerprint density at radius 1 is 1.25 bits per heavy atom. The van der Waals surface area contributed by atoms with Crippen molar-refractivity contribution in [2.24, 2.45) is 0 Å². The fraction of sp³-hybridized carbons (Fsp3) is 0.0833. The van der Waals surface area contributed by atoms with Crippen LogP contribution in [0.2, 0.25) is 5.02 Å². The number of pyridine rings is 1. The van der Waals surface area contributed by atoms with Gasteiger partial charge in [0.05, 0.1) is 0 Å². The SMILES string of the molecule is Clc1cc(Br)cnc1OCc1ccccc1. The Morgan fingerprint density at radius 3 is 2.69 bits per heavy atom. The van der Waals surface area contributed by atoms with Gasteiger partial charge in [-0.05, 0) is 27.6 Å². The zero-order chi connectivity index (χ0) is 11.4. The summed E-state index contributed by atoms with van der Waals surface area (Å²) in [5.74, 6) is 0.453. The van der Waals surface area contributed by atoms with Gasteiger partial charge >= 0.3 is 0 Å². The van der Waals surface area contributed by atoms with E-state index in [0.717, 1.165) is 10.0 Å². The number of hydrogen-bond donors (Lipinski definition) is 0. The van der Waals surface area contributed by atoms with Gasteiger partial charge in [-0.2, -0.15) is 0 Å². The van der Waals surface area contributed by atoms with Gasteiger partial charge in [0.25, 0.3) is 0 Å². The molecule has 0 aliphatic carbocycles. The molecule has 2 aromatic rings. The molecule has 2 nitrogen and oxygen atoms in total. The fourth-order valence-corrected chi connectivity index (χ4v) is 1.92. The topological polar surface area (TPSA) is 22.1 Å². The maximum absolute atomic E-state index is 5.98. The molecule has 4 heteroatoms. The van der Waals surface area contributed by atoms with E-state index in [1.165, 1.54) is 0 Å². The Balaban J connectivity index is 2.05. The van der Waals surface area contributed by atoms with Crippen LogP contribution in [0.15, 0.2) is 47.1 Å². The van der Waals surface area contributed by atoms with Gasteiger partial charge in [0.1, 0.15) is 11.6 Å². The standard InChI is InChI=1S/C12H9BrClNO/c13-10-6-11(14)12(15-7-10)16-8-9-4-2-1-3-5-9/h1-7H,8H2. The first-order chi connectivity index (χ1) is 7.75. The lowest BCUT2D eigenvalue weighted by molar-refractivity contribution is 0.294. The lowest BCUT2D eigenvalue weighted by Crippen LogP contribution is -1.97. The Labute approximate surface area is 107 Å². The largest absolute Gasteiger partial charge is 0.472 e. The molecule has 0 atom stereocenters.